The van der Waals surface area contributed by atoms with Gasteiger partial charge in [-0.1, -0.05) is 48.5 Å². The molecule has 2 aliphatic rings. The zero-order chi connectivity index (χ0) is 21.5. The Morgan fingerprint density at radius 1 is 1.03 bits per heavy atom. The van der Waals surface area contributed by atoms with Gasteiger partial charge in [0.25, 0.3) is 5.91 Å². The summed E-state index contributed by atoms with van der Waals surface area (Å²) in [6.45, 7) is 1.68. The van der Waals surface area contributed by atoms with Crippen LogP contribution in [0.15, 0.2) is 77.0 Å². The molecule has 2 aromatic carbocycles. The maximum absolute atomic E-state index is 13.8. The highest BCUT2D eigenvalue weighted by molar-refractivity contribution is 6.24. The Labute approximate surface area is 173 Å². The van der Waals surface area contributed by atoms with Gasteiger partial charge in [-0.15, -0.1) is 0 Å². The summed E-state index contributed by atoms with van der Waals surface area (Å²) in [6, 6.07) is 23.7. The lowest BCUT2D eigenvalue weighted by atomic mass is 9.85. The fraction of sp³-hybridized carbons (Fsp3) is 0.174. The van der Waals surface area contributed by atoms with E-state index in [4.69, 9.17) is 5.73 Å². The smallest absolute Gasteiger partial charge is 0.262 e. The number of nitrogens with two attached hydrogens (primary N) is 1. The van der Waals surface area contributed by atoms with Gasteiger partial charge in [0.05, 0.1) is 23.2 Å². The normalized spacial score (nSPS) is 26.3. The number of anilines is 1. The van der Waals surface area contributed by atoms with Gasteiger partial charge in [0.1, 0.15) is 28.5 Å². The van der Waals surface area contributed by atoms with E-state index >= 15 is 0 Å². The van der Waals surface area contributed by atoms with Gasteiger partial charge in [0.15, 0.2) is 0 Å². The van der Waals surface area contributed by atoms with E-state index in [1.54, 1.807) is 55.5 Å². The molecule has 3 atom stereocenters. The minimum absolute atomic E-state index is 0.193. The number of para-hydroxylation sites is 1. The van der Waals surface area contributed by atoms with E-state index in [-0.39, 0.29) is 11.3 Å². The summed E-state index contributed by atoms with van der Waals surface area (Å²) in [7, 11) is 0. The molecule has 1 spiro atoms. The molecule has 7 heteroatoms. The number of carbonyl (C=O) groups excluding carboxylic acids is 1. The van der Waals surface area contributed by atoms with Crippen molar-refractivity contribution in [1.82, 2.24) is 0 Å². The molecule has 30 heavy (non-hydrogen) atoms. The molecule has 7 nitrogen and oxygen atoms in total. The van der Waals surface area contributed by atoms with Gasteiger partial charge in [-0.25, -0.2) is 0 Å². The van der Waals surface area contributed by atoms with Gasteiger partial charge in [-0.05, 0) is 24.6 Å². The second-order valence-electron chi connectivity index (χ2n) is 7.22. The van der Waals surface area contributed by atoms with E-state index < -0.39 is 22.7 Å². The molecule has 1 saturated carbocycles. The Morgan fingerprint density at radius 3 is 2.13 bits per heavy atom. The fourth-order valence-electron chi connectivity index (χ4n) is 4.67. The van der Waals surface area contributed by atoms with Crippen molar-refractivity contribution in [3.8, 4) is 18.2 Å². The standard InChI is InChI=1S/C23H16N6O/c1-15-23(21(30)29(28-15)18-10-6-3-7-11-18)19(16-8-4-2-5-9-16)22(23,14-26)20(27)17(12-24)13-25/h2-11,19H,27H2,1H3. The molecule has 1 fully saturated rings. The second-order valence-corrected chi connectivity index (χ2v) is 7.22. The molecule has 2 N–H and O–H groups in total. The second kappa shape index (κ2) is 6.58. The molecule has 1 aliphatic heterocycles. The Bertz CT molecular complexity index is 1210. The molecular weight excluding hydrogens is 376 g/mol. The number of allylic oxidation sites excluding steroid dienone is 2. The van der Waals surface area contributed by atoms with Gasteiger partial charge < -0.3 is 5.73 Å². The van der Waals surface area contributed by atoms with Crippen LogP contribution in [0, 0.1) is 44.8 Å². The highest BCUT2D eigenvalue weighted by atomic mass is 16.2. The van der Waals surface area contributed by atoms with Crippen LogP contribution in [0.2, 0.25) is 0 Å². The minimum atomic E-state index is -1.58. The van der Waals surface area contributed by atoms with Crippen LogP contribution in [0.1, 0.15) is 18.4 Å². The van der Waals surface area contributed by atoms with Crippen molar-refractivity contribution in [2.75, 3.05) is 5.01 Å². The lowest BCUT2D eigenvalue weighted by molar-refractivity contribution is -0.121. The van der Waals surface area contributed by atoms with E-state index in [9.17, 15) is 20.6 Å². The number of amides is 1. The monoisotopic (exact) mass is 392 g/mol. The maximum Gasteiger partial charge on any atom is 0.262 e. The predicted octanol–water partition coefficient (Wildman–Crippen LogP) is 2.96. The Hall–Kier alpha value is -4.41. The molecule has 2 aromatic rings. The quantitative estimate of drug-likeness (QED) is 0.803. The first-order valence-corrected chi connectivity index (χ1v) is 9.22. The number of nitriles is 3. The molecule has 1 heterocycles. The Morgan fingerprint density at radius 2 is 1.60 bits per heavy atom. The van der Waals surface area contributed by atoms with Crippen LogP contribution < -0.4 is 10.7 Å². The van der Waals surface area contributed by atoms with Crippen LogP contribution in [0.25, 0.3) is 0 Å². The molecule has 1 aliphatic carbocycles. The van der Waals surface area contributed by atoms with Gasteiger partial charge in [0.2, 0.25) is 0 Å². The predicted molar refractivity (Wildman–Crippen MR) is 109 cm³/mol. The first-order chi connectivity index (χ1) is 14.5. The number of hydrogen-bond acceptors (Lipinski definition) is 6. The largest absolute Gasteiger partial charge is 0.399 e. The molecule has 0 saturated heterocycles. The van der Waals surface area contributed by atoms with Crippen molar-refractivity contribution in [1.29, 1.82) is 15.8 Å². The van der Waals surface area contributed by atoms with Crippen LogP contribution in [0.3, 0.4) is 0 Å². The minimum Gasteiger partial charge on any atom is -0.399 e. The number of benzene rings is 2. The Balaban J connectivity index is 1.98. The lowest BCUT2D eigenvalue weighted by Gasteiger charge is -2.17. The third-order valence-electron chi connectivity index (χ3n) is 5.98. The van der Waals surface area contributed by atoms with E-state index in [2.05, 4.69) is 11.2 Å². The molecule has 4 rings (SSSR count). The molecule has 0 aromatic heterocycles. The SMILES string of the molecule is CC1=NN(c2ccccc2)C(=O)C12C(c1ccccc1)C2(C#N)C(N)=C(C#N)C#N. The van der Waals surface area contributed by atoms with Gasteiger partial charge in [-0.2, -0.15) is 25.9 Å². The van der Waals surface area contributed by atoms with Crippen LogP contribution in [0.4, 0.5) is 5.69 Å². The van der Waals surface area contributed by atoms with Crippen LogP contribution in [-0.2, 0) is 4.79 Å². The third-order valence-corrected chi connectivity index (χ3v) is 5.98. The summed E-state index contributed by atoms with van der Waals surface area (Å²) in [6.07, 6.45) is 0. The average Bonchev–Trinajstić information content (AvgIpc) is 3.35. The number of nitrogens with zero attached hydrogens (tertiary/aromatic N) is 5. The topological polar surface area (TPSA) is 130 Å². The van der Waals surface area contributed by atoms with Crippen molar-refractivity contribution in [2.45, 2.75) is 12.8 Å². The van der Waals surface area contributed by atoms with E-state index in [1.807, 2.05) is 24.3 Å². The third kappa shape index (κ3) is 2.11. The molecule has 0 bridgehead atoms. The molecular formula is C23H16N6O. The van der Waals surface area contributed by atoms with Crippen molar-refractivity contribution >= 4 is 17.3 Å². The van der Waals surface area contributed by atoms with Gasteiger partial charge in [0, 0.05) is 5.92 Å². The van der Waals surface area contributed by atoms with Gasteiger partial charge in [-0.3, -0.25) is 4.79 Å². The van der Waals surface area contributed by atoms with E-state index in [1.165, 1.54) is 5.01 Å². The summed E-state index contributed by atoms with van der Waals surface area (Å²) >= 11 is 0. The number of rotatable bonds is 3. The number of carbonyl (C=O) groups is 1. The first kappa shape index (κ1) is 18.9. The molecule has 0 radical (unpaired) electrons. The van der Waals surface area contributed by atoms with Crippen molar-refractivity contribution in [3.05, 3.63) is 77.5 Å². The maximum atomic E-state index is 13.8. The summed E-state index contributed by atoms with van der Waals surface area (Å²) in [5.41, 5.74) is 4.44. The summed E-state index contributed by atoms with van der Waals surface area (Å²) in [4.78, 5) is 13.8. The Kier molecular flexibility index (Phi) is 4.15. The molecule has 3 unspecified atom stereocenters. The van der Waals surface area contributed by atoms with Gasteiger partial charge >= 0.3 is 0 Å². The molecule has 1 amide bonds. The average molecular weight is 392 g/mol. The highest BCUT2D eigenvalue weighted by Crippen LogP contribution is 2.79. The number of hydrazone groups is 1. The fourth-order valence-corrected chi connectivity index (χ4v) is 4.67. The van der Waals surface area contributed by atoms with Crippen LogP contribution in [-0.4, -0.2) is 11.6 Å². The van der Waals surface area contributed by atoms with Crippen LogP contribution >= 0.6 is 0 Å². The van der Waals surface area contributed by atoms with Crippen molar-refractivity contribution in [3.63, 3.8) is 0 Å². The number of hydrogen-bond donors (Lipinski definition) is 1. The van der Waals surface area contributed by atoms with Crippen molar-refractivity contribution < 1.29 is 4.79 Å². The summed E-state index contributed by atoms with van der Waals surface area (Å²) in [5, 5.41) is 34.8. The zero-order valence-electron chi connectivity index (χ0n) is 16.1. The zero-order valence-corrected chi connectivity index (χ0v) is 16.1. The van der Waals surface area contributed by atoms with E-state index in [0.717, 1.165) is 5.56 Å². The summed E-state index contributed by atoms with van der Waals surface area (Å²) < 4.78 is 0. The highest BCUT2D eigenvalue weighted by Gasteiger charge is 2.87. The first-order valence-electron chi connectivity index (χ1n) is 9.22. The van der Waals surface area contributed by atoms with E-state index in [0.29, 0.717) is 11.4 Å². The van der Waals surface area contributed by atoms with Crippen LogP contribution in [0.5, 0.6) is 0 Å². The lowest BCUT2D eigenvalue weighted by Crippen LogP contribution is -2.35. The summed E-state index contributed by atoms with van der Waals surface area (Å²) in [5.74, 6) is -1.07. The molecule has 144 valence electrons. The van der Waals surface area contributed by atoms with Crippen molar-refractivity contribution in [2.24, 2.45) is 21.7 Å².